The summed E-state index contributed by atoms with van der Waals surface area (Å²) < 4.78 is 5.32. The Bertz CT molecular complexity index is 449. The lowest BCUT2D eigenvalue weighted by Crippen LogP contribution is -2.41. The molecule has 6 nitrogen and oxygen atoms in total. The first-order valence-electron chi connectivity index (χ1n) is 6.93. The molecule has 2 heterocycles. The summed E-state index contributed by atoms with van der Waals surface area (Å²) in [5.74, 6) is 0.647. The number of amides is 1. The summed E-state index contributed by atoms with van der Waals surface area (Å²) in [7, 11) is 1.66. The SMILES string of the molecule is CCOc1ccc(CN2C[C@H](N)C[C@H]2C(=O)NC)cn1. The molecule has 1 amide bonds. The van der Waals surface area contributed by atoms with E-state index in [2.05, 4.69) is 15.2 Å². The second kappa shape index (κ2) is 6.67. The van der Waals surface area contributed by atoms with E-state index in [1.165, 1.54) is 0 Å². The number of likely N-dealkylation sites (N-methyl/N-ethyl adjacent to an activating group) is 1. The van der Waals surface area contributed by atoms with Crippen molar-refractivity contribution in [3.8, 4) is 5.88 Å². The molecule has 1 aliphatic heterocycles. The number of carbonyl (C=O) groups excluding carboxylic acids is 1. The highest BCUT2D eigenvalue weighted by Gasteiger charge is 2.34. The second-order valence-electron chi connectivity index (χ2n) is 4.99. The van der Waals surface area contributed by atoms with Gasteiger partial charge in [0.05, 0.1) is 12.6 Å². The van der Waals surface area contributed by atoms with Crippen molar-refractivity contribution in [2.24, 2.45) is 5.73 Å². The van der Waals surface area contributed by atoms with Crippen LogP contribution in [0.15, 0.2) is 18.3 Å². The van der Waals surface area contributed by atoms with Crippen molar-refractivity contribution < 1.29 is 9.53 Å². The van der Waals surface area contributed by atoms with Crippen molar-refractivity contribution in [3.05, 3.63) is 23.9 Å². The summed E-state index contributed by atoms with van der Waals surface area (Å²) in [6, 6.07) is 3.72. The molecule has 2 rings (SSSR count). The molecule has 0 spiro atoms. The molecular formula is C14H22N4O2. The molecule has 0 saturated carbocycles. The van der Waals surface area contributed by atoms with Crippen molar-refractivity contribution in [1.82, 2.24) is 15.2 Å². The van der Waals surface area contributed by atoms with Crippen molar-refractivity contribution >= 4 is 5.91 Å². The Hall–Kier alpha value is -1.66. The van der Waals surface area contributed by atoms with Gasteiger partial charge in [-0.3, -0.25) is 9.69 Å². The summed E-state index contributed by atoms with van der Waals surface area (Å²) in [4.78, 5) is 18.2. The van der Waals surface area contributed by atoms with Gasteiger partial charge in [-0.25, -0.2) is 4.98 Å². The van der Waals surface area contributed by atoms with E-state index in [1.807, 2.05) is 19.1 Å². The van der Waals surface area contributed by atoms with Crippen LogP contribution in [-0.2, 0) is 11.3 Å². The van der Waals surface area contributed by atoms with E-state index in [0.29, 0.717) is 25.5 Å². The number of likely N-dealkylation sites (tertiary alicyclic amines) is 1. The zero-order valence-corrected chi connectivity index (χ0v) is 12.0. The monoisotopic (exact) mass is 278 g/mol. The average Bonchev–Trinajstić information content (AvgIpc) is 2.81. The fourth-order valence-electron chi connectivity index (χ4n) is 2.53. The molecule has 1 aromatic heterocycles. The number of nitrogens with one attached hydrogen (secondary N) is 1. The quantitative estimate of drug-likeness (QED) is 0.800. The molecule has 1 saturated heterocycles. The number of rotatable bonds is 5. The van der Waals surface area contributed by atoms with Gasteiger partial charge in [0.15, 0.2) is 0 Å². The molecule has 1 aromatic rings. The average molecular weight is 278 g/mol. The Morgan fingerprint density at radius 2 is 2.40 bits per heavy atom. The summed E-state index contributed by atoms with van der Waals surface area (Å²) in [5, 5.41) is 2.70. The van der Waals surface area contributed by atoms with Gasteiger partial charge >= 0.3 is 0 Å². The van der Waals surface area contributed by atoms with Crippen molar-refractivity contribution in [2.45, 2.75) is 32.0 Å². The van der Waals surface area contributed by atoms with Gasteiger partial charge in [-0.1, -0.05) is 6.07 Å². The third kappa shape index (κ3) is 3.46. The molecule has 110 valence electrons. The number of ether oxygens (including phenoxy) is 1. The number of hydrogen-bond donors (Lipinski definition) is 2. The summed E-state index contributed by atoms with van der Waals surface area (Å²) in [6.07, 6.45) is 2.49. The zero-order chi connectivity index (χ0) is 14.5. The van der Waals surface area contributed by atoms with Crippen LogP contribution in [0.5, 0.6) is 5.88 Å². The van der Waals surface area contributed by atoms with Crippen LogP contribution in [-0.4, -0.2) is 48.1 Å². The second-order valence-corrected chi connectivity index (χ2v) is 4.99. The maximum absolute atomic E-state index is 11.9. The number of aromatic nitrogens is 1. The van der Waals surface area contributed by atoms with Gasteiger partial charge < -0.3 is 15.8 Å². The van der Waals surface area contributed by atoms with Gasteiger partial charge in [0.2, 0.25) is 11.8 Å². The first kappa shape index (κ1) is 14.7. The largest absolute Gasteiger partial charge is 0.478 e. The highest BCUT2D eigenvalue weighted by Crippen LogP contribution is 2.20. The first-order valence-corrected chi connectivity index (χ1v) is 6.93. The van der Waals surface area contributed by atoms with Crippen LogP contribution in [0.1, 0.15) is 18.9 Å². The fraction of sp³-hybridized carbons (Fsp3) is 0.571. The van der Waals surface area contributed by atoms with E-state index in [0.717, 1.165) is 12.1 Å². The Balaban J connectivity index is 2.02. The zero-order valence-electron chi connectivity index (χ0n) is 12.0. The highest BCUT2D eigenvalue weighted by molar-refractivity contribution is 5.81. The van der Waals surface area contributed by atoms with E-state index in [1.54, 1.807) is 13.2 Å². The van der Waals surface area contributed by atoms with E-state index in [4.69, 9.17) is 10.5 Å². The summed E-state index contributed by atoms with van der Waals surface area (Å²) in [6.45, 7) is 3.93. The maximum Gasteiger partial charge on any atom is 0.237 e. The number of hydrogen-bond acceptors (Lipinski definition) is 5. The van der Waals surface area contributed by atoms with E-state index in [9.17, 15) is 4.79 Å². The Labute approximate surface area is 119 Å². The normalized spacial score (nSPS) is 22.8. The first-order chi connectivity index (χ1) is 9.63. The predicted molar refractivity (Wildman–Crippen MR) is 76.3 cm³/mol. The molecule has 0 aliphatic carbocycles. The number of nitrogens with two attached hydrogens (primary N) is 1. The van der Waals surface area contributed by atoms with E-state index < -0.39 is 0 Å². The number of nitrogens with zero attached hydrogens (tertiary/aromatic N) is 2. The topological polar surface area (TPSA) is 80.5 Å². The summed E-state index contributed by atoms with van der Waals surface area (Å²) >= 11 is 0. The van der Waals surface area contributed by atoms with Crippen LogP contribution in [0.3, 0.4) is 0 Å². The number of carbonyl (C=O) groups is 1. The van der Waals surface area contributed by atoms with Gasteiger partial charge in [0.1, 0.15) is 0 Å². The predicted octanol–water partition coefficient (Wildman–Crippen LogP) is 0.128. The van der Waals surface area contributed by atoms with Crippen LogP contribution in [0.2, 0.25) is 0 Å². The highest BCUT2D eigenvalue weighted by atomic mass is 16.5. The molecule has 0 aromatic carbocycles. The lowest BCUT2D eigenvalue weighted by Gasteiger charge is -2.22. The standard InChI is InChI=1S/C14H22N4O2/c1-3-20-13-5-4-10(7-17-13)8-18-9-11(15)6-12(18)14(19)16-2/h4-5,7,11-12H,3,6,8-9,15H2,1-2H3,(H,16,19)/t11-,12+/m1/s1. The van der Waals surface area contributed by atoms with Crippen LogP contribution in [0.25, 0.3) is 0 Å². The molecule has 1 fully saturated rings. The van der Waals surface area contributed by atoms with Crippen LogP contribution in [0.4, 0.5) is 0 Å². The lowest BCUT2D eigenvalue weighted by atomic mass is 10.1. The molecule has 0 unspecified atom stereocenters. The Morgan fingerprint density at radius 3 is 3.00 bits per heavy atom. The molecule has 1 aliphatic rings. The van der Waals surface area contributed by atoms with Gasteiger partial charge in [0, 0.05) is 38.4 Å². The van der Waals surface area contributed by atoms with Crippen molar-refractivity contribution in [1.29, 1.82) is 0 Å². The maximum atomic E-state index is 11.9. The number of pyridine rings is 1. The molecular weight excluding hydrogens is 256 g/mol. The van der Waals surface area contributed by atoms with Gasteiger partial charge in [-0.15, -0.1) is 0 Å². The third-order valence-corrected chi connectivity index (χ3v) is 3.46. The fourth-order valence-corrected chi connectivity index (χ4v) is 2.53. The molecule has 0 bridgehead atoms. The minimum Gasteiger partial charge on any atom is -0.478 e. The minimum atomic E-state index is -0.151. The smallest absolute Gasteiger partial charge is 0.237 e. The van der Waals surface area contributed by atoms with Crippen LogP contribution >= 0.6 is 0 Å². The lowest BCUT2D eigenvalue weighted by molar-refractivity contribution is -0.125. The molecule has 20 heavy (non-hydrogen) atoms. The Kier molecular flexibility index (Phi) is 4.92. The van der Waals surface area contributed by atoms with Gasteiger partial charge in [0.25, 0.3) is 0 Å². The third-order valence-electron chi connectivity index (χ3n) is 3.46. The molecule has 3 N–H and O–H groups in total. The van der Waals surface area contributed by atoms with Crippen LogP contribution in [0, 0.1) is 0 Å². The van der Waals surface area contributed by atoms with Crippen LogP contribution < -0.4 is 15.8 Å². The minimum absolute atomic E-state index is 0.0249. The van der Waals surface area contributed by atoms with Gasteiger partial charge in [-0.05, 0) is 18.9 Å². The Morgan fingerprint density at radius 1 is 1.60 bits per heavy atom. The van der Waals surface area contributed by atoms with Crippen molar-refractivity contribution in [3.63, 3.8) is 0 Å². The molecule has 6 heteroatoms. The summed E-state index contributed by atoms with van der Waals surface area (Å²) in [5.41, 5.74) is 7.02. The van der Waals surface area contributed by atoms with E-state index in [-0.39, 0.29) is 18.0 Å². The van der Waals surface area contributed by atoms with Crippen molar-refractivity contribution in [2.75, 3.05) is 20.2 Å². The van der Waals surface area contributed by atoms with E-state index >= 15 is 0 Å². The molecule has 0 radical (unpaired) electrons. The molecule has 2 atom stereocenters. The van der Waals surface area contributed by atoms with Gasteiger partial charge in [-0.2, -0.15) is 0 Å².